The Morgan fingerprint density at radius 1 is 0.778 bits per heavy atom. The molecule has 0 unspecified atom stereocenters. The Hall–Kier alpha value is -3.17. The third-order valence-corrected chi connectivity index (χ3v) is 6.52. The molecule has 0 bridgehead atoms. The van der Waals surface area contributed by atoms with Gasteiger partial charge in [0.05, 0.1) is 5.56 Å². The summed E-state index contributed by atoms with van der Waals surface area (Å²) in [6.45, 7) is 0.569. The lowest BCUT2D eigenvalue weighted by atomic mass is 10.0. The summed E-state index contributed by atoms with van der Waals surface area (Å²) < 4.78 is 9.58. The van der Waals surface area contributed by atoms with Gasteiger partial charge >= 0.3 is 0 Å². The molecule has 1 aliphatic rings. The summed E-state index contributed by atoms with van der Waals surface area (Å²) in [6.07, 6.45) is 0. The minimum atomic E-state index is 0.569. The zero-order valence-electron chi connectivity index (χ0n) is 14.6. The highest BCUT2D eigenvalue weighted by atomic mass is 32.1. The van der Waals surface area contributed by atoms with E-state index in [1.165, 1.54) is 42.7 Å². The molecule has 4 aromatic carbocycles. The molecule has 3 heteroatoms. The number of ether oxygens (including phenoxy) is 1. The molecule has 1 aromatic heterocycles. The van der Waals surface area contributed by atoms with Crippen LogP contribution in [0.4, 0.5) is 0 Å². The van der Waals surface area contributed by atoms with Gasteiger partial charge in [-0.25, -0.2) is 0 Å². The first-order valence-corrected chi connectivity index (χ1v) is 9.87. The van der Waals surface area contributed by atoms with Gasteiger partial charge in [0.2, 0.25) is 5.52 Å². The number of nitrogens with zero attached hydrogens (tertiary/aromatic N) is 1. The molecule has 0 radical (unpaired) electrons. The molecule has 0 aliphatic carbocycles. The molecule has 0 atom stereocenters. The Bertz CT molecular complexity index is 1320. The minimum Gasteiger partial charge on any atom is -0.435 e. The van der Waals surface area contributed by atoms with E-state index in [-0.39, 0.29) is 0 Å². The molecular formula is C24H16NOS+. The van der Waals surface area contributed by atoms with E-state index < -0.39 is 0 Å². The van der Waals surface area contributed by atoms with Gasteiger partial charge in [0.1, 0.15) is 10.4 Å². The number of hydrogen-bond donors (Lipinski definition) is 0. The van der Waals surface area contributed by atoms with Gasteiger partial charge < -0.3 is 4.74 Å². The lowest BCUT2D eigenvalue weighted by molar-refractivity contribution is -0.689. The van der Waals surface area contributed by atoms with Crippen molar-refractivity contribution in [3.63, 3.8) is 0 Å². The van der Waals surface area contributed by atoms with Crippen LogP contribution in [-0.2, 0) is 6.73 Å². The van der Waals surface area contributed by atoms with Crippen molar-refractivity contribution in [2.75, 3.05) is 0 Å². The van der Waals surface area contributed by atoms with Gasteiger partial charge in [-0.3, -0.25) is 0 Å². The fourth-order valence-electron chi connectivity index (χ4n) is 3.91. The average molecular weight is 366 g/mol. The summed E-state index contributed by atoms with van der Waals surface area (Å²) in [4.78, 5) is 0. The van der Waals surface area contributed by atoms with Gasteiger partial charge in [0.25, 0.3) is 11.7 Å². The second-order valence-electron chi connectivity index (χ2n) is 6.82. The maximum absolute atomic E-state index is 5.98. The van der Waals surface area contributed by atoms with Crippen molar-refractivity contribution in [2.24, 2.45) is 0 Å². The number of rotatable bonds is 1. The first kappa shape index (κ1) is 14.9. The maximum Gasteiger partial charge on any atom is 0.293 e. The minimum absolute atomic E-state index is 0.569. The van der Waals surface area contributed by atoms with Crippen molar-refractivity contribution in [2.45, 2.75) is 6.73 Å². The van der Waals surface area contributed by atoms with E-state index in [0.29, 0.717) is 6.73 Å². The molecule has 2 nitrogen and oxygen atoms in total. The number of para-hydroxylation sites is 1. The van der Waals surface area contributed by atoms with E-state index in [0.717, 1.165) is 5.75 Å². The van der Waals surface area contributed by atoms with Crippen LogP contribution in [-0.4, -0.2) is 0 Å². The van der Waals surface area contributed by atoms with Crippen molar-refractivity contribution >= 4 is 32.3 Å². The van der Waals surface area contributed by atoms with Gasteiger partial charge in [-0.1, -0.05) is 65.9 Å². The van der Waals surface area contributed by atoms with E-state index in [2.05, 4.69) is 77.4 Å². The van der Waals surface area contributed by atoms with Gasteiger partial charge in [-0.2, -0.15) is 0 Å². The highest BCUT2D eigenvalue weighted by Crippen LogP contribution is 2.40. The van der Waals surface area contributed by atoms with Crippen molar-refractivity contribution in [1.82, 2.24) is 0 Å². The van der Waals surface area contributed by atoms with Crippen molar-refractivity contribution in [3.8, 4) is 27.4 Å². The lowest BCUT2D eigenvalue weighted by Gasteiger charge is -2.12. The van der Waals surface area contributed by atoms with Crippen LogP contribution >= 0.6 is 11.3 Å². The molecule has 2 heterocycles. The van der Waals surface area contributed by atoms with Crippen molar-refractivity contribution < 1.29 is 9.30 Å². The zero-order chi connectivity index (χ0) is 17.8. The predicted octanol–water partition coefficient (Wildman–Crippen LogP) is 6.03. The van der Waals surface area contributed by atoms with Gasteiger partial charge in [0, 0.05) is 11.5 Å². The molecule has 5 aromatic rings. The zero-order valence-corrected chi connectivity index (χ0v) is 15.4. The van der Waals surface area contributed by atoms with Crippen LogP contribution in [0.1, 0.15) is 0 Å². The lowest BCUT2D eigenvalue weighted by Crippen LogP contribution is -2.39. The maximum atomic E-state index is 5.98. The van der Waals surface area contributed by atoms with Crippen molar-refractivity contribution in [3.05, 3.63) is 84.9 Å². The Kier molecular flexibility index (Phi) is 3.13. The fourth-order valence-corrected chi connectivity index (χ4v) is 5.22. The predicted molar refractivity (Wildman–Crippen MR) is 111 cm³/mol. The van der Waals surface area contributed by atoms with E-state index >= 15 is 0 Å². The Balaban J connectivity index is 1.60. The fraction of sp³-hybridized carbons (Fsp3) is 0.0417. The SMILES string of the molecule is c1ccc(-c2ccc3c(ccc4c3sc3[n+]4COc4ccccc4-3)c2)cc1. The van der Waals surface area contributed by atoms with Gasteiger partial charge in [-0.05, 0) is 40.8 Å². The summed E-state index contributed by atoms with van der Waals surface area (Å²) >= 11 is 1.86. The number of thiazole rings is 1. The topological polar surface area (TPSA) is 13.1 Å². The molecule has 0 fully saturated rings. The second-order valence-corrected chi connectivity index (χ2v) is 7.82. The van der Waals surface area contributed by atoms with E-state index in [9.17, 15) is 0 Å². The Labute approximate surface area is 160 Å². The highest BCUT2D eigenvalue weighted by molar-refractivity contribution is 7.22. The van der Waals surface area contributed by atoms with Crippen LogP contribution in [0, 0.1) is 0 Å². The molecule has 0 saturated heterocycles. The van der Waals surface area contributed by atoms with Crippen molar-refractivity contribution in [1.29, 1.82) is 0 Å². The quantitative estimate of drug-likeness (QED) is 0.330. The van der Waals surface area contributed by atoms with Crippen LogP contribution < -0.4 is 9.30 Å². The Morgan fingerprint density at radius 3 is 2.56 bits per heavy atom. The van der Waals surface area contributed by atoms with E-state index in [4.69, 9.17) is 4.74 Å². The standard InChI is InChI=1S/C24H16NOS/c1-2-6-16(7-3-1)17-10-12-19-18(14-17)11-13-21-23(19)27-24-20-8-4-5-9-22(20)26-15-25(21)24/h1-14H,15H2/q+1. The summed E-state index contributed by atoms with van der Waals surface area (Å²) in [6, 6.07) is 30.1. The van der Waals surface area contributed by atoms with Gasteiger partial charge in [-0.15, -0.1) is 4.57 Å². The first-order valence-electron chi connectivity index (χ1n) is 9.05. The van der Waals surface area contributed by atoms with E-state index in [1.807, 2.05) is 23.5 Å². The van der Waals surface area contributed by atoms with Gasteiger partial charge in [0.15, 0.2) is 0 Å². The molecule has 0 spiro atoms. The molecule has 0 N–H and O–H groups in total. The smallest absolute Gasteiger partial charge is 0.293 e. The van der Waals surface area contributed by atoms with Crippen LogP contribution in [0.2, 0.25) is 0 Å². The normalized spacial score (nSPS) is 12.6. The molecule has 6 rings (SSSR count). The Morgan fingerprint density at radius 2 is 1.63 bits per heavy atom. The summed E-state index contributed by atoms with van der Waals surface area (Å²) in [5, 5.41) is 3.85. The first-order chi connectivity index (χ1) is 13.4. The van der Waals surface area contributed by atoms with Crippen LogP contribution in [0.15, 0.2) is 84.9 Å². The third kappa shape index (κ3) is 2.22. The van der Waals surface area contributed by atoms with E-state index in [1.54, 1.807) is 0 Å². The third-order valence-electron chi connectivity index (χ3n) is 5.26. The molecule has 27 heavy (non-hydrogen) atoms. The summed E-state index contributed by atoms with van der Waals surface area (Å²) in [5.41, 5.74) is 4.93. The number of fused-ring (bicyclic) bond motifs is 7. The van der Waals surface area contributed by atoms with Crippen LogP contribution in [0.3, 0.4) is 0 Å². The molecule has 0 amide bonds. The largest absolute Gasteiger partial charge is 0.435 e. The van der Waals surface area contributed by atoms with Crippen LogP contribution in [0.25, 0.3) is 42.7 Å². The molecular weight excluding hydrogens is 350 g/mol. The number of hydrogen-bond acceptors (Lipinski definition) is 2. The monoisotopic (exact) mass is 366 g/mol. The molecule has 128 valence electrons. The summed E-state index contributed by atoms with van der Waals surface area (Å²) in [5.74, 6) is 0.972. The number of benzene rings is 4. The van der Waals surface area contributed by atoms with Crippen LogP contribution in [0.5, 0.6) is 5.75 Å². The average Bonchev–Trinajstić information content (AvgIpc) is 3.13. The number of aromatic nitrogens is 1. The molecule has 1 aliphatic heterocycles. The highest BCUT2D eigenvalue weighted by Gasteiger charge is 2.29. The molecule has 0 saturated carbocycles. The summed E-state index contributed by atoms with van der Waals surface area (Å²) in [7, 11) is 0. The second kappa shape index (κ2) is 5.66.